The van der Waals surface area contributed by atoms with Crippen molar-refractivity contribution in [3.63, 3.8) is 0 Å². The van der Waals surface area contributed by atoms with Crippen molar-refractivity contribution < 1.29 is 4.57 Å². The van der Waals surface area contributed by atoms with Crippen molar-refractivity contribution in [1.29, 1.82) is 0 Å². The molecule has 0 bridgehead atoms. The third-order valence-electron chi connectivity index (χ3n) is 3.04. The lowest BCUT2D eigenvalue weighted by atomic mass is 10.3. The topological polar surface area (TPSA) is 53.2 Å². The Hall–Kier alpha value is 0.110. The van der Waals surface area contributed by atoms with E-state index in [0.29, 0.717) is 0 Å². The van der Waals surface area contributed by atoms with E-state index in [1.807, 2.05) is 0 Å². The molecule has 0 rings (SSSR count). The van der Waals surface area contributed by atoms with Crippen molar-refractivity contribution >= 4 is 7.59 Å². The SMILES string of the molecule is CCC(C)NP(=O)(NC(C)CC)NC(C)CC. The molecule has 0 amide bonds. The van der Waals surface area contributed by atoms with Gasteiger partial charge < -0.3 is 0 Å². The van der Waals surface area contributed by atoms with Gasteiger partial charge in [-0.1, -0.05) is 20.8 Å². The normalized spacial score (nSPS) is 20.6. The van der Waals surface area contributed by atoms with Gasteiger partial charge in [0.05, 0.1) is 0 Å². The Bertz CT molecular complexity index is 210. The van der Waals surface area contributed by atoms with Crippen molar-refractivity contribution in [3.8, 4) is 0 Å². The van der Waals surface area contributed by atoms with Crippen LogP contribution in [-0.4, -0.2) is 18.1 Å². The Morgan fingerprint density at radius 3 is 1.18 bits per heavy atom. The molecule has 4 nitrogen and oxygen atoms in total. The molecule has 3 N–H and O–H groups in total. The molecule has 5 heteroatoms. The van der Waals surface area contributed by atoms with Gasteiger partial charge in [0.15, 0.2) is 0 Å². The molecule has 17 heavy (non-hydrogen) atoms. The van der Waals surface area contributed by atoms with Gasteiger partial charge in [-0.15, -0.1) is 0 Å². The van der Waals surface area contributed by atoms with Crippen molar-refractivity contribution in [2.75, 3.05) is 0 Å². The second-order valence-electron chi connectivity index (χ2n) is 4.92. The lowest BCUT2D eigenvalue weighted by Crippen LogP contribution is -2.42. The number of hydrogen-bond donors (Lipinski definition) is 3. The summed E-state index contributed by atoms with van der Waals surface area (Å²) in [6, 6.07) is 0.733. The maximum atomic E-state index is 12.8. The summed E-state index contributed by atoms with van der Waals surface area (Å²) in [5.74, 6) is 0. The minimum absolute atomic E-state index is 0.244. The molecule has 3 atom stereocenters. The van der Waals surface area contributed by atoms with Gasteiger partial charge >= 0.3 is 0 Å². The van der Waals surface area contributed by atoms with Gasteiger partial charge in [0, 0.05) is 18.1 Å². The van der Waals surface area contributed by atoms with Crippen LogP contribution in [0, 0.1) is 0 Å². The monoisotopic (exact) mass is 263 g/mol. The zero-order chi connectivity index (χ0) is 13.5. The first kappa shape index (κ1) is 17.1. The quantitative estimate of drug-likeness (QED) is 0.559. The highest BCUT2D eigenvalue weighted by atomic mass is 31.2. The fraction of sp³-hybridized carbons (Fsp3) is 1.00. The average Bonchev–Trinajstić information content (AvgIpc) is 2.27. The summed E-state index contributed by atoms with van der Waals surface area (Å²) in [4.78, 5) is 0. The molecule has 0 aromatic rings. The average molecular weight is 263 g/mol. The van der Waals surface area contributed by atoms with Gasteiger partial charge in [-0.05, 0) is 40.0 Å². The van der Waals surface area contributed by atoms with E-state index in [2.05, 4.69) is 56.8 Å². The summed E-state index contributed by atoms with van der Waals surface area (Å²) in [6.07, 6.45) is 2.90. The first-order valence-corrected chi connectivity index (χ1v) is 8.50. The molecule has 0 aliphatic carbocycles. The molecule has 0 saturated carbocycles. The standard InChI is InChI=1S/C12H30N3OP/c1-7-10(4)13-17(16,14-11(5)8-2)15-12(6)9-3/h10-12H,7-9H2,1-6H3,(H3,13,14,15,16). The molecule has 0 aliphatic heterocycles. The second-order valence-corrected chi connectivity index (χ2v) is 6.92. The van der Waals surface area contributed by atoms with Crippen LogP contribution in [-0.2, 0) is 4.57 Å². The van der Waals surface area contributed by atoms with E-state index in [1.54, 1.807) is 0 Å². The summed E-state index contributed by atoms with van der Waals surface area (Å²) < 4.78 is 12.8. The molecule has 0 heterocycles. The molecule has 0 aromatic heterocycles. The Balaban J connectivity index is 4.62. The Labute approximate surface area is 107 Å². The first-order chi connectivity index (χ1) is 7.86. The number of nitrogens with one attached hydrogen (secondary N) is 3. The van der Waals surface area contributed by atoms with E-state index < -0.39 is 7.59 Å². The highest BCUT2D eigenvalue weighted by molar-refractivity contribution is 7.57. The van der Waals surface area contributed by atoms with E-state index >= 15 is 0 Å². The smallest absolute Gasteiger partial charge is 0.271 e. The van der Waals surface area contributed by atoms with E-state index in [-0.39, 0.29) is 18.1 Å². The molecule has 0 spiro atoms. The highest BCUT2D eigenvalue weighted by Gasteiger charge is 2.26. The predicted octanol–water partition coefficient (Wildman–Crippen LogP) is 3.26. The molecule has 0 aromatic carbocycles. The van der Waals surface area contributed by atoms with Crippen LogP contribution >= 0.6 is 7.59 Å². The van der Waals surface area contributed by atoms with Crippen LogP contribution < -0.4 is 15.3 Å². The zero-order valence-corrected chi connectivity index (χ0v) is 13.1. The Kier molecular flexibility index (Phi) is 8.31. The number of hydrogen-bond acceptors (Lipinski definition) is 1. The fourth-order valence-corrected chi connectivity index (χ4v) is 3.95. The van der Waals surface area contributed by atoms with Crippen LogP contribution in [0.4, 0.5) is 0 Å². The molecule has 0 fully saturated rings. The molecular weight excluding hydrogens is 233 g/mol. The van der Waals surface area contributed by atoms with Crippen molar-refractivity contribution in [2.24, 2.45) is 0 Å². The van der Waals surface area contributed by atoms with Gasteiger partial charge in [0.1, 0.15) is 0 Å². The summed E-state index contributed by atoms with van der Waals surface area (Å²) in [6.45, 7) is 12.5. The van der Waals surface area contributed by atoms with Crippen LogP contribution in [0.1, 0.15) is 60.8 Å². The molecule has 0 saturated heterocycles. The second kappa shape index (κ2) is 8.25. The van der Waals surface area contributed by atoms with Crippen molar-refractivity contribution in [1.82, 2.24) is 15.3 Å². The Morgan fingerprint density at radius 1 is 0.765 bits per heavy atom. The lowest BCUT2D eigenvalue weighted by molar-refractivity contribution is 0.490. The number of rotatable bonds is 9. The van der Waals surface area contributed by atoms with E-state index in [0.717, 1.165) is 19.3 Å². The third kappa shape index (κ3) is 7.20. The van der Waals surface area contributed by atoms with Crippen LogP contribution in [0.3, 0.4) is 0 Å². The lowest BCUT2D eigenvalue weighted by Gasteiger charge is -2.29. The van der Waals surface area contributed by atoms with E-state index in [1.165, 1.54) is 0 Å². The summed E-state index contributed by atoms with van der Waals surface area (Å²) in [5.41, 5.74) is 0. The Morgan fingerprint density at radius 2 is 1.00 bits per heavy atom. The van der Waals surface area contributed by atoms with Crippen LogP contribution in [0.5, 0.6) is 0 Å². The van der Waals surface area contributed by atoms with Gasteiger partial charge in [0.25, 0.3) is 7.59 Å². The molecule has 3 unspecified atom stereocenters. The van der Waals surface area contributed by atoms with Crippen LogP contribution in [0.15, 0.2) is 0 Å². The minimum atomic E-state index is -2.69. The predicted molar refractivity (Wildman–Crippen MR) is 76.3 cm³/mol. The van der Waals surface area contributed by atoms with Crippen molar-refractivity contribution in [2.45, 2.75) is 78.9 Å². The van der Waals surface area contributed by atoms with Crippen molar-refractivity contribution in [3.05, 3.63) is 0 Å². The zero-order valence-electron chi connectivity index (χ0n) is 12.2. The largest absolute Gasteiger partial charge is 0.279 e. The van der Waals surface area contributed by atoms with Gasteiger partial charge in [-0.2, -0.15) is 0 Å². The third-order valence-corrected chi connectivity index (χ3v) is 5.46. The first-order valence-electron chi connectivity index (χ1n) is 6.80. The maximum absolute atomic E-state index is 12.8. The van der Waals surface area contributed by atoms with Gasteiger partial charge in [0.2, 0.25) is 0 Å². The van der Waals surface area contributed by atoms with Gasteiger partial charge in [-0.3, -0.25) is 4.57 Å². The molecular formula is C12H30N3OP. The van der Waals surface area contributed by atoms with Crippen LogP contribution in [0.2, 0.25) is 0 Å². The highest BCUT2D eigenvalue weighted by Crippen LogP contribution is 2.34. The summed E-state index contributed by atoms with van der Waals surface area (Å²) in [7, 11) is -2.69. The molecule has 104 valence electrons. The fourth-order valence-electron chi connectivity index (χ4n) is 1.32. The molecule has 0 aliphatic rings. The summed E-state index contributed by atoms with van der Waals surface area (Å²) in [5, 5.41) is 9.62. The minimum Gasteiger partial charge on any atom is -0.271 e. The van der Waals surface area contributed by atoms with E-state index in [4.69, 9.17) is 0 Å². The molecule has 0 radical (unpaired) electrons. The van der Waals surface area contributed by atoms with Gasteiger partial charge in [-0.25, -0.2) is 15.3 Å². The maximum Gasteiger partial charge on any atom is 0.279 e. The van der Waals surface area contributed by atoms with E-state index in [9.17, 15) is 4.57 Å². The summed E-state index contributed by atoms with van der Waals surface area (Å²) >= 11 is 0. The van der Waals surface area contributed by atoms with Crippen LogP contribution in [0.25, 0.3) is 0 Å².